The van der Waals surface area contributed by atoms with E-state index in [0.717, 1.165) is 24.5 Å². The molecule has 7 nitrogen and oxygen atoms in total. The largest absolute Gasteiger partial charge is 0.354 e. The molecule has 20 heavy (non-hydrogen) atoms. The number of aryl methyl sites for hydroxylation is 1. The van der Waals surface area contributed by atoms with Crippen molar-refractivity contribution in [1.29, 1.82) is 0 Å². The van der Waals surface area contributed by atoms with Gasteiger partial charge in [0.2, 0.25) is 5.91 Å². The molecule has 1 atom stereocenters. The lowest BCUT2D eigenvalue weighted by atomic mass is 10.1. The van der Waals surface area contributed by atoms with Crippen LogP contribution in [0.1, 0.15) is 12.1 Å². The van der Waals surface area contributed by atoms with Crippen LogP contribution >= 0.6 is 0 Å². The number of nitrogens with zero attached hydrogens (tertiary/aromatic N) is 4. The van der Waals surface area contributed by atoms with Gasteiger partial charge in [-0.25, -0.2) is 0 Å². The molecule has 0 radical (unpaired) electrons. The number of aromatic amines is 1. The van der Waals surface area contributed by atoms with Crippen molar-refractivity contribution in [1.82, 2.24) is 20.4 Å². The highest BCUT2D eigenvalue weighted by atomic mass is 16.2. The standard InChI is InChI=1S/C13H16N6O/c1-9-7-11(17-16-9)15-13(20)10-4-6-19(8-10)12-3-2-5-14-18-12/h2-3,5,7,10H,4,6,8H2,1H3,(H2,15,16,17,20)/t10-/m0/s1. The summed E-state index contributed by atoms with van der Waals surface area (Å²) in [4.78, 5) is 14.2. The van der Waals surface area contributed by atoms with E-state index >= 15 is 0 Å². The lowest BCUT2D eigenvalue weighted by Crippen LogP contribution is -2.27. The highest BCUT2D eigenvalue weighted by Gasteiger charge is 2.29. The van der Waals surface area contributed by atoms with Crippen LogP contribution in [0, 0.1) is 12.8 Å². The number of amides is 1. The molecule has 3 heterocycles. The van der Waals surface area contributed by atoms with Crippen LogP contribution in [0.5, 0.6) is 0 Å². The van der Waals surface area contributed by atoms with Gasteiger partial charge in [-0.1, -0.05) is 0 Å². The number of hydrogen-bond donors (Lipinski definition) is 2. The summed E-state index contributed by atoms with van der Waals surface area (Å²) in [5.74, 6) is 1.35. The first kappa shape index (κ1) is 12.6. The van der Waals surface area contributed by atoms with Gasteiger partial charge >= 0.3 is 0 Å². The zero-order valence-corrected chi connectivity index (χ0v) is 11.2. The number of aromatic nitrogens is 4. The van der Waals surface area contributed by atoms with Crippen LogP contribution in [0.3, 0.4) is 0 Å². The van der Waals surface area contributed by atoms with Crippen LogP contribution in [0.15, 0.2) is 24.4 Å². The van der Waals surface area contributed by atoms with Crippen molar-refractivity contribution in [2.24, 2.45) is 5.92 Å². The molecule has 1 fully saturated rings. The van der Waals surface area contributed by atoms with Crippen LogP contribution in [-0.4, -0.2) is 39.4 Å². The normalized spacial score (nSPS) is 18.2. The van der Waals surface area contributed by atoms with Crippen molar-refractivity contribution in [2.75, 3.05) is 23.3 Å². The van der Waals surface area contributed by atoms with E-state index in [-0.39, 0.29) is 11.8 Å². The van der Waals surface area contributed by atoms with Crippen LogP contribution in [0.2, 0.25) is 0 Å². The van der Waals surface area contributed by atoms with Gasteiger partial charge in [-0.3, -0.25) is 9.89 Å². The fourth-order valence-electron chi connectivity index (χ4n) is 2.35. The maximum absolute atomic E-state index is 12.2. The number of anilines is 2. The first-order valence-electron chi connectivity index (χ1n) is 6.58. The second-order valence-corrected chi connectivity index (χ2v) is 4.94. The number of H-pyrrole nitrogens is 1. The second-order valence-electron chi connectivity index (χ2n) is 4.94. The molecule has 1 aliphatic heterocycles. The van der Waals surface area contributed by atoms with Crippen LogP contribution in [-0.2, 0) is 4.79 Å². The van der Waals surface area contributed by atoms with E-state index in [1.807, 2.05) is 25.1 Å². The summed E-state index contributed by atoms with van der Waals surface area (Å²) in [5.41, 5.74) is 0.924. The molecule has 0 aromatic carbocycles. The van der Waals surface area contributed by atoms with E-state index in [4.69, 9.17) is 0 Å². The van der Waals surface area contributed by atoms with Gasteiger partial charge in [0, 0.05) is 31.0 Å². The van der Waals surface area contributed by atoms with E-state index in [9.17, 15) is 4.79 Å². The summed E-state index contributed by atoms with van der Waals surface area (Å²) in [7, 11) is 0. The molecule has 2 aromatic heterocycles. The number of nitrogens with one attached hydrogen (secondary N) is 2. The lowest BCUT2D eigenvalue weighted by Gasteiger charge is -2.16. The molecule has 0 unspecified atom stereocenters. The summed E-state index contributed by atoms with van der Waals surface area (Å²) < 4.78 is 0. The summed E-state index contributed by atoms with van der Waals surface area (Å²) >= 11 is 0. The molecule has 1 saturated heterocycles. The van der Waals surface area contributed by atoms with Gasteiger partial charge < -0.3 is 10.2 Å². The molecule has 2 aromatic rings. The van der Waals surface area contributed by atoms with Crippen molar-refractivity contribution >= 4 is 17.5 Å². The van der Waals surface area contributed by atoms with Gasteiger partial charge in [-0.2, -0.15) is 10.2 Å². The lowest BCUT2D eigenvalue weighted by molar-refractivity contribution is -0.119. The molecule has 3 rings (SSSR count). The Hall–Kier alpha value is -2.44. The number of hydrogen-bond acceptors (Lipinski definition) is 5. The monoisotopic (exact) mass is 272 g/mol. The quantitative estimate of drug-likeness (QED) is 0.869. The second kappa shape index (κ2) is 5.28. The molecular formula is C13H16N6O. The maximum Gasteiger partial charge on any atom is 0.230 e. The van der Waals surface area contributed by atoms with E-state index in [0.29, 0.717) is 12.4 Å². The highest BCUT2D eigenvalue weighted by Crippen LogP contribution is 2.22. The molecule has 0 aliphatic carbocycles. The molecule has 0 saturated carbocycles. The van der Waals surface area contributed by atoms with Crippen molar-refractivity contribution < 1.29 is 4.79 Å². The maximum atomic E-state index is 12.2. The first-order valence-corrected chi connectivity index (χ1v) is 6.58. The zero-order valence-electron chi connectivity index (χ0n) is 11.2. The smallest absolute Gasteiger partial charge is 0.230 e. The number of rotatable bonds is 3. The topological polar surface area (TPSA) is 86.8 Å². The molecule has 1 aliphatic rings. The fraction of sp³-hybridized carbons (Fsp3) is 0.385. The zero-order chi connectivity index (χ0) is 13.9. The van der Waals surface area contributed by atoms with E-state index in [1.54, 1.807) is 6.20 Å². The number of carbonyl (C=O) groups excluding carboxylic acids is 1. The number of carbonyl (C=O) groups is 1. The van der Waals surface area contributed by atoms with E-state index < -0.39 is 0 Å². The predicted octanol–water partition coefficient (Wildman–Crippen LogP) is 0.973. The fourth-order valence-corrected chi connectivity index (χ4v) is 2.35. The minimum absolute atomic E-state index is 0.00268. The van der Waals surface area contributed by atoms with Crippen LogP contribution in [0.25, 0.3) is 0 Å². The minimum atomic E-state index is -0.0472. The molecule has 0 bridgehead atoms. The Labute approximate surface area is 116 Å². The van der Waals surface area contributed by atoms with Crippen molar-refractivity contribution in [3.63, 3.8) is 0 Å². The molecule has 2 N–H and O–H groups in total. The summed E-state index contributed by atoms with van der Waals surface area (Å²) in [6, 6.07) is 5.57. The Morgan fingerprint density at radius 1 is 1.55 bits per heavy atom. The predicted molar refractivity (Wildman–Crippen MR) is 74.3 cm³/mol. The first-order chi connectivity index (χ1) is 9.72. The van der Waals surface area contributed by atoms with Gasteiger partial charge in [0.15, 0.2) is 11.6 Å². The Balaban J connectivity index is 1.61. The molecule has 104 valence electrons. The third kappa shape index (κ3) is 2.61. The van der Waals surface area contributed by atoms with E-state index in [2.05, 4.69) is 30.6 Å². The molecular weight excluding hydrogens is 256 g/mol. The SMILES string of the molecule is Cc1cc(NC(=O)[C@H]2CCN(c3cccnn3)C2)n[nH]1. The highest BCUT2D eigenvalue weighted by molar-refractivity contribution is 5.92. The average molecular weight is 272 g/mol. The summed E-state index contributed by atoms with van der Waals surface area (Å²) in [6.45, 7) is 3.37. The Morgan fingerprint density at radius 2 is 2.45 bits per heavy atom. The molecule has 7 heteroatoms. The Bertz CT molecular complexity index is 596. The van der Waals surface area contributed by atoms with Crippen molar-refractivity contribution in [2.45, 2.75) is 13.3 Å². The average Bonchev–Trinajstić information content (AvgIpc) is 3.09. The molecule has 1 amide bonds. The van der Waals surface area contributed by atoms with Crippen molar-refractivity contribution in [3.05, 3.63) is 30.1 Å². The summed E-state index contributed by atoms with van der Waals surface area (Å²) in [6.07, 6.45) is 2.45. The van der Waals surface area contributed by atoms with Gasteiger partial charge in [-0.15, -0.1) is 5.10 Å². The third-order valence-corrected chi connectivity index (χ3v) is 3.40. The Kier molecular flexibility index (Phi) is 3.32. The Morgan fingerprint density at radius 3 is 3.15 bits per heavy atom. The molecule has 0 spiro atoms. The third-order valence-electron chi connectivity index (χ3n) is 3.40. The summed E-state index contributed by atoms with van der Waals surface area (Å²) in [5, 5.41) is 17.6. The van der Waals surface area contributed by atoms with E-state index in [1.165, 1.54) is 0 Å². The van der Waals surface area contributed by atoms with Crippen molar-refractivity contribution in [3.8, 4) is 0 Å². The minimum Gasteiger partial charge on any atom is -0.354 e. The van der Waals surface area contributed by atoms with Crippen LogP contribution < -0.4 is 10.2 Å². The van der Waals surface area contributed by atoms with Gasteiger partial charge in [-0.05, 0) is 25.5 Å². The van der Waals surface area contributed by atoms with Gasteiger partial charge in [0.05, 0.1) is 5.92 Å². The van der Waals surface area contributed by atoms with Gasteiger partial charge in [0.1, 0.15) is 0 Å². The van der Waals surface area contributed by atoms with Gasteiger partial charge in [0.25, 0.3) is 0 Å². The van der Waals surface area contributed by atoms with Crippen LogP contribution in [0.4, 0.5) is 11.6 Å².